The van der Waals surface area contributed by atoms with Gasteiger partial charge in [0.15, 0.2) is 0 Å². The normalized spacial score (nSPS) is 30.7. The first-order chi connectivity index (χ1) is 10.1. The summed E-state index contributed by atoms with van der Waals surface area (Å²) in [5.41, 5.74) is 0.858. The third kappa shape index (κ3) is 3.60. The minimum absolute atomic E-state index is 0.319. The molecule has 0 spiro atoms. The maximum atomic E-state index is 13.1. The molecule has 1 aromatic carbocycles. The van der Waals surface area contributed by atoms with E-state index < -0.39 is 0 Å². The van der Waals surface area contributed by atoms with Crippen molar-refractivity contribution in [2.24, 2.45) is 17.8 Å². The standard InChI is InChI=1S/C18H24ClFO/c19-17-11-16(20)8-7-14(17)10-18(21)15-6-5-12-3-1-2-4-13(12)9-15/h7-8,11-13,15,18,21H,1-6,9-10H2. The lowest BCUT2D eigenvalue weighted by Crippen LogP contribution is -2.34. The molecule has 0 aliphatic heterocycles. The van der Waals surface area contributed by atoms with E-state index in [9.17, 15) is 9.50 Å². The second-order valence-electron chi connectivity index (χ2n) is 6.88. The summed E-state index contributed by atoms with van der Waals surface area (Å²) in [5, 5.41) is 11.0. The van der Waals surface area contributed by atoms with Gasteiger partial charge >= 0.3 is 0 Å². The van der Waals surface area contributed by atoms with Gasteiger partial charge in [-0.25, -0.2) is 4.39 Å². The first kappa shape index (κ1) is 15.3. The summed E-state index contributed by atoms with van der Waals surface area (Å²) in [6.45, 7) is 0. The van der Waals surface area contributed by atoms with Crippen LogP contribution in [0.4, 0.5) is 4.39 Å². The molecular weight excluding hydrogens is 287 g/mol. The van der Waals surface area contributed by atoms with Crippen molar-refractivity contribution in [2.75, 3.05) is 0 Å². The molecular formula is C18H24ClFO. The zero-order valence-corrected chi connectivity index (χ0v) is 13.2. The van der Waals surface area contributed by atoms with E-state index in [0.29, 0.717) is 17.4 Å². The van der Waals surface area contributed by atoms with Crippen LogP contribution in [0.25, 0.3) is 0 Å². The average Bonchev–Trinajstić information content (AvgIpc) is 2.49. The molecule has 2 aliphatic rings. The molecule has 0 aromatic heterocycles. The van der Waals surface area contributed by atoms with Crippen LogP contribution in [-0.2, 0) is 6.42 Å². The predicted molar refractivity (Wildman–Crippen MR) is 83.9 cm³/mol. The smallest absolute Gasteiger partial charge is 0.124 e. The highest BCUT2D eigenvalue weighted by atomic mass is 35.5. The Kier molecular flexibility index (Phi) is 4.85. The van der Waals surface area contributed by atoms with Crippen molar-refractivity contribution >= 4 is 11.6 Å². The third-order valence-electron chi connectivity index (χ3n) is 5.57. The number of hydrogen-bond donors (Lipinski definition) is 1. The summed E-state index contributed by atoms with van der Waals surface area (Å²) in [5.74, 6) is 1.78. The monoisotopic (exact) mass is 310 g/mol. The first-order valence-corrected chi connectivity index (χ1v) is 8.63. The topological polar surface area (TPSA) is 20.2 Å². The van der Waals surface area contributed by atoms with Crippen LogP contribution in [0.2, 0.25) is 5.02 Å². The lowest BCUT2D eigenvalue weighted by atomic mass is 9.66. The fourth-order valence-corrected chi connectivity index (χ4v) is 4.58. The Morgan fingerprint density at radius 1 is 1.14 bits per heavy atom. The van der Waals surface area contributed by atoms with Gasteiger partial charge in [0.2, 0.25) is 0 Å². The van der Waals surface area contributed by atoms with E-state index in [2.05, 4.69) is 0 Å². The van der Waals surface area contributed by atoms with Gasteiger partial charge in [0.05, 0.1) is 6.10 Å². The Hall–Kier alpha value is -0.600. The van der Waals surface area contributed by atoms with Crippen LogP contribution in [0.1, 0.15) is 50.5 Å². The predicted octanol–water partition coefficient (Wildman–Crippen LogP) is 4.99. The Balaban J connectivity index is 1.61. The largest absolute Gasteiger partial charge is 0.392 e. The van der Waals surface area contributed by atoms with Gasteiger partial charge in [-0.1, -0.05) is 43.4 Å². The Morgan fingerprint density at radius 2 is 1.90 bits per heavy atom. The zero-order valence-electron chi connectivity index (χ0n) is 12.4. The van der Waals surface area contributed by atoms with Crippen molar-refractivity contribution in [1.82, 2.24) is 0 Å². The number of aliphatic hydroxyl groups excluding tert-OH is 1. The van der Waals surface area contributed by atoms with Crippen molar-refractivity contribution in [2.45, 2.75) is 57.5 Å². The summed E-state index contributed by atoms with van der Waals surface area (Å²) in [6, 6.07) is 4.46. The molecule has 0 radical (unpaired) electrons. The molecule has 4 unspecified atom stereocenters. The van der Waals surface area contributed by atoms with Crippen molar-refractivity contribution < 1.29 is 9.50 Å². The summed E-state index contributed by atoms with van der Waals surface area (Å²) in [6.07, 6.45) is 9.21. The van der Waals surface area contributed by atoms with Gasteiger partial charge in [0, 0.05) is 11.4 Å². The van der Waals surface area contributed by atoms with Crippen LogP contribution in [-0.4, -0.2) is 11.2 Å². The van der Waals surface area contributed by atoms with Gasteiger partial charge in [0.1, 0.15) is 5.82 Å². The van der Waals surface area contributed by atoms with Crippen LogP contribution in [0.5, 0.6) is 0 Å². The van der Waals surface area contributed by atoms with E-state index in [0.717, 1.165) is 30.2 Å². The fourth-order valence-electron chi connectivity index (χ4n) is 4.34. The Labute approximate surface area is 131 Å². The van der Waals surface area contributed by atoms with Gasteiger partial charge in [-0.15, -0.1) is 0 Å². The highest BCUT2D eigenvalue weighted by Crippen LogP contribution is 2.44. The molecule has 0 saturated heterocycles. The number of benzene rings is 1. The molecule has 116 valence electrons. The number of fused-ring (bicyclic) bond motifs is 1. The first-order valence-electron chi connectivity index (χ1n) is 8.25. The minimum Gasteiger partial charge on any atom is -0.392 e. The summed E-state index contributed by atoms with van der Waals surface area (Å²) < 4.78 is 13.1. The molecule has 21 heavy (non-hydrogen) atoms. The molecule has 2 aliphatic carbocycles. The molecule has 4 atom stereocenters. The maximum absolute atomic E-state index is 13.1. The Bertz CT molecular complexity index is 490. The number of halogens is 2. The van der Waals surface area contributed by atoms with Crippen LogP contribution in [0, 0.1) is 23.6 Å². The molecule has 2 saturated carbocycles. The number of rotatable bonds is 3. The second-order valence-corrected chi connectivity index (χ2v) is 7.29. The molecule has 1 aromatic rings. The lowest BCUT2D eigenvalue weighted by Gasteiger charge is -2.40. The van der Waals surface area contributed by atoms with Gasteiger partial charge in [-0.05, 0) is 54.7 Å². The van der Waals surface area contributed by atoms with Gasteiger partial charge in [-0.2, -0.15) is 0 Å². The lowest BCUT2D eigenvalue weighted by molar-refractivity contribution is 0.0361. The zero-order chi connectivity index (χ0) is 14.8. The highest BCUT2D eigenvalue weighted by molar-refractivity contribution is 6.31. The van der Waals surface area contributed by atoms with Crippen LogP contribution in [0.15, 0.2) is 18.2 Å². The van der Waals surface area contributed by atoms with Crippen molar-refractivity contribution in [1.29, 1.82) is 0 Å². The summed E-state index contributed by atoms with van der Waals surface area (Å²) in [7, 11) is 0. The molecule has 3 rings (SSSR count). The number of aliphatic hydroxyl groups is 1. The van der Waals surface area contributed by atoms with Crippen LogP contribution in [0.3, 0.4) is 0 Å². The van der Waals surface area contributed by atoms with Crippen LogP contribution < -0.4 is 0 Å². The van der Waals surface area contributed by atoms with Crippen molar-refractivity contribution in [3.05, 3.63) is 34.6 Å². The second kappa shape index (κ2) is 6.66. The molecule has 3 heteroatoms. The van der Waals surface area contributed by atoms with E-state index >= 15 is 0 Å². The minimum atomic E-state index is -0.351. The van der Waals surface area contributed by atoms with Gasteiger partial charge < -0.3 is 5.11 Å². The summed E-state index contributed by atoms with van der Waals surface area (Å²) >= 11 is 6.07. The molecule has 0 bridgehead atoms. The quantitative estimate of drug-likeness (QED) is 0.834. The van der Waals surface area contributed by atoms with Gasteiger partial charge in [0.25, 0.3) is 0 Å². The molecule has 0 heterocycles. The van der Waals surface area contributed by atoms with Gasteiger partial charge in [-0.3, -0.25) is 0 Å². The van der Waals surface area contributed by atoms with E-state index in [1.165, 1.54) is 44.2 Å². The van der Waals surface area contributed by atoms with Crippen molar-refractivity contribution in [3.8, 4) is 0 Å². The van der Waals surface area contributed by atoms with E-state index in [-0.39, 0.29) is 11.9 Å². The molecule has 0 amide bonds. The van der Waals surface area contributed by atoms with Crippen molar-refractivity contribution in [3.63, 3.8) is 0 Å². The number of hydrogen-bond acceptors (Lipinski definition) is 1. The van der Waals surface area contributed by atoms with E-state index in [4.69, 9.17) is 11.6 Å². The Morgan fingerprint density at radius 3 is 2.67 bits per heavy atom. The van der Waals surface area contributed by atoms with E-state index in [1.54, 1.807) is 6.07 Å². The van der Waals surface area contributed by atoms with Crippen LogP contribution >= 0.6 is 11.6 Å². The molecule has 1 N–H and O–H groups in total. The highest BCUT2D eigenvalue weighted by Gasteiger charge is 2.34. The molecule has 2 fully saturated rings. The van der Waals surface area contributed by atoms with E-state index in [1.807, 2.05) is 0 Å². The third-order valence-corrected chi connectivity index (χ3v) is 5.92. The SMILES string of the molecule is OC(Cc1ccc(F)cc1Cl)C1CCC2CCCCC2C1. The maximum Gasteiger partial charge on any atom is 0.124 e. The molecule has 1 nitrogen and oxygen atoms in total. The summed E-state index contributed by atoms with van der Waals surface area (Å²) in [4.78, 5) is 0. The fraction of sp³-hybridized carbons (Fsp3) is 0.667. The average molecular weight is 311 g/mol.